The quantitative estimate of drug-likeness (QED) is 0.881. The van der Waals surface area contributed by atoms with Crippen LogP contribution in [0.25, 0.3) is 0 Å². The molecule has 2 heterocycles. The van der Waals surface area contributed by atoms with Crippen LogP contribution in [0, 0.1) is 0 Å². The number of hydrogen-bond acceptors (Lipinski definition) is 3. The minimum Gasteiger partial charge on any atom is -0.366 e. The molecule has 0 amide bonds. The molecule has 2 unspecified atom stereocenters. The van der Waals surface area contributed by atoms with Crippen LogP contribution in [0.15, 0.2) is 28.2 Å². The van der Waals surface area contributed by atoms with Gasteiger partial charge in [-0.25, -0.2) is 8.42 Å². The minimum atomic E-state index is -3.70. The molecule has 1 aromatic heterocycles. The van der Waals surface area contributed by atoms with Gasteiger partial charge in [-0.1, -0.05) is 6.42 Å². The Morgan fingerprint density at radius 1 is 1.28 bits per heavy atom. The van der Waals surface area contributed by atoms with Gasteiger partial charge in [-0.15, -0.1) is 0 Å². The Morgan fingerprint density at radius 3 is 2.44 bits per heavy atom. The summed E-state index contributed by atoms with van der Waals surface area (Å²) in [5.74, 6) is 0. The smallest absolute Gasteiger partial charge is 0.248 e. The molecule has 1 N–H and O–H groups in total. The third-order valence-electron chi connectivity index (χ3n) is 3.46. The molecule has 1 aliphatic rings. The molecule has 5 nitrogen and oxygen atoms in total. The third kappa shape index (κ3) is 2.22. The molecule has 0 radical (unpaired) electrons. The summed E-state index contributed by atoms with van der Waals surface area (Å²) in [6.45, 7) is 3.79. The first-order valence-electron chi connectivity index (χ1n) is 6.15. The second kappa shape index (κ2) is 4.85. The maximum Gasteiger partial charge on any atom is 0.248 e. The standard InChI is InChI=1S/C12H18N2O3S/c1-9-4-3-5-10(2)14(9)18(16,17)12-8-13-7-6-11(12)15/h6-10H,3-5H2,1-2H3,(H,13,15). The van der Waals surface area contributed by atoms with Gasteiger partial charge in [-0.2, -0.15) is 4.31 Å². The Morgan fingerprint density at radius 2 is 1.89 bits per heavy atom. The van der Waals surface area contributed by atoms with Crippen molar-refractivity contribution in [2.45, 2.75) is 50.1 Å². The molecule has 18 heavy (non-hydrogen) atoms. The van der Waals surface area contributed by atoms with E-state index in [4.69, 9.17) is 0 Å². The van der Waals surface area contributed by atoms with Crippen LogP contribution in [0.3, 0.4) is 0 Å². The Hall–Kier alpha value is -1.14. The van der Waals surface area contributed by atoms with E-state index in [1.54, 1.807) is 0 Å². The average molecular weight is 270 g/mol. The largest absolute Gasteiger partial charge is 0.366 e. The van der Waals surface area contributed by atoms with Gasteiger partial charge in [0.05, 0.1) is 0 Å². The Labute approximate surface area is 107 Å². The van der Waals surface area contributed by atoms with Gasteiger partial charge in [0.25, 0.3) is 0 Å². The maximum absolute atomic E-state index is 12.5. The summed E-state index contributed by atoms with van der Waals surface area (Å²) in [6, 6.07) is 1.13. The number of rotatable bonds is 2. The summed E-state index contributed by atoms with van der Waals surface area (Å²) in [5, 5.41) is 0. The summed E-state index contributed by atoms with van der Waals surface area (Å²) < 4.78 is 26.5. The van der Waals surface area contributed by atoms with Gasteiger partial charge in [0.2, 0.25) is 15.5 Å². The number of aromatic nitrogens is 1. The van der Waals surface area contributed by atoms with E-state index in [0.717, 1.165) is 19.3 Å². The highest BCUT2D eigenvalue weighted by Crippen LogP contribution is 2.28. The minimum absolute atomic E-state index is 0.0571. The second-order valence-electron chi connectivity index (χ2n) is 4.84. The fraction of sp³-hybridized carbons (Fsp3) is 0.583. The second-order valence-corrected chi connectivity index (χ2v) is 6.65. The lowest BCUT2D eigenvalue weighted by atomic mass is 10.0. The number of hydrogen-bond donors (Lipinski definition) is 1. The molecule has 0 bridgehead atoms. The van der Waals surface area contributed by atoms with Crippen molar-refractivity contribution in [3.63, 3.8) is 0 Å². The van der Waals surface area contributed by atoms with Crippen molar-refractivity contribution >= 4 is 10.0 Å². The van der Waals surface area contributed by atoms with Crippen LogP contribution in [-0.4, -0.2) is 29.8 Å². The summed E-state index contributed by atoms with van der Waals surface area (Å²) >= 11 is 0. The molecule has 1 saturated heterocycles. The van der Waals surface area contributed by atoms with Gasteiger partial charge in [0, 0.05) is 30.5 Å². The predicted molar refractivity (Wildman–Crippen MR) is 68.9 cm³/mol. The molecule has 2 atom stereocenters. The van der Waals surface area contributed by atoms with E-state index < -0.39 is 15.5 Å². The molecule has 1 aromatic rings. The Balaban J connectivity index is 2.48. The molecule has 0 spiro atoms. The molecule has 100 valence electrons. The van der Waals surface area contributed by atoms with Gasteiger partial charge in [-0.05, 0) is 26.7 Å². The van der Waals surface area contributed by atoms with Crippen molar-refractivity contribution in [2.24, 2.45) is 0 Å². The monoisotopic (exact) mass is 270 g/mol. The first-order chi connectivity index (χ1) is 8.44. The van der Waals surface area contributed by atoms with Crippen molar-refractivity contribution in [2.75, 3.05) is 0 Å². The van der Waals surface area contributed by atoms with Gasteiger partial charge in [0.15, 0.2) is 0 Å². The number of piperidine rings is 1. The van der Waals surface area contributed by atoms with Crippen LogP contribution in [0.5, 0.6) is 0 Å². The highest BCUT2D eigenvalue weighted by molar-refractivity contribution is 7.89. The van der Waals surface area contributed by atoms with Crippen molar-refractivity contribution < 1.29 is 8.42 Å². The van der Waals surface area contributed by atoms with Crippen LogP contribution < -0.4 is 5.43 Å². The zero-order valence-electron chi connectivity index (χ0n) is 10.6. The molecule has 1 fully saturated rings. The van der Waals surface area contributed by atoms with Crippen LogP contribution in [-0.2, 0) is 10.0 Å². The topological polar surface area (TPSA) is 70.2 Å². The molecule has 6 heteroatoms. The number of nitrogens with one attached hydrogen (secondary N) is 1. The van der Waals surface area contributed by atoms with E-state index in [-0.39, 0.29) is 17.0 Å². The highest BCUT2D eigenvalue weighted by atomic mass is 32.2. The number of sulfonamides is 1. The Bertz CT molecular complexity index is 569. The van der Waals surface area contributed by atoms with Crippen molar-refractivity contribution in [1.29, 1.82) is 0 Å². The summed E-state index contributed by atoms with van der Waals surface area (Å²) in [6.07, 6.45) is 5.41. The first kappa shape index (κ1) is 13.3. The summed E-state index contributed by atoms with van der Waals surface area (Å²) in [5.41, 5.74) is -0.460. The average Bonchev–Trinajstić information content (AvgIpc) is 2.28. The number of nitrogens with zero attached hydrogens (tertiary/aromatic N) is 1. The highest BCUT2D eigenvalue weighted by Gasteiger charge is 2.36. The fourth-order valence-electron chi connectivity index (χ4n) is 2.59. The van der Waals surface area contributed by atoms with Gasteiger partial charge >= 0.3 is 0 Å². The van der Waals surface area contributed by atoms with Crippen molar-refractivity contribution in [3.8, 4) is 0 Å². The number of pyridine rings is 1. The number of H-pyrrole nitrogens is 1. The molecule has 1 aliphatic heterocycles. The van der Waals surface area contributed by atoms with E-state index in [1.165, 1.54) is 22.8 Å². The van der Waals surface area contributed by atoms with Crippen molar-refractivity contribution in [3.05, 3.63) is 28.7 Å². The van der Waals surface area contributed by atoms with Gasteiger partial charge in [0.1, 0.15) is 4.90 Å². The molecule has 0 aliphatic carbocycles. The zero-order chi connectivity index (χ0) is 13.3. The predicted octanol–water partition coefficient (Wildman–Crippen LogP) is 1.33. The molecular weight excluding hydrogens is 252 g/mol. The summed E-state index contributed by atoms with van der Waals surface area (Å²) in [7, 11) is -3.70. The zero-order valence-corrected chi connectivity index (χ0v) is 11.4. The molecular formula is C12H18N2O3S. The van der Waals surface area contributed by atoms with Crippen LogP contribution >= 0.6 is 0 Å². The van der Waals surface area contributed by atoms with E-state index in [1.807, 2.05) is 13.8 Å². The van der Waals surface area contributed by atoms with E-state index in [2.05, 4.69) is 4.98 Å². The van der Waals surface area contributed by atoms with Crippen LogP contribution in [0.2, 0.25) is 0 Å². The van der Waals surface area contributed by atoms with Gasteiger partial charge < -0.3 is 4.98 Å². The molecule has 0 saturated carbocycles. The normalized spacial score (nSPS) is 26.1. The summed E-state index contributed by atoms with van der Waals surface area (Å²) in [4.78, 5) is 14.2. The lowest BCUT2D eigenvalue weighted by Crippen LogP contribution is -2.48. The molecule has 2 rings (SSSR count). The maximum atomic E-state index is 12.5. The molecule has 0 aromatic carbocycles. The number of aromatic amines is 1. The van der Waals surface area contributed by atoms with Crippen LogP contribution in [0.4, 0.5) is 0 Å². The third-order valence-corrected chi connectivity index (χ3v) is 5.61. The Kier molecular flexibility index (Phi) is 3.59. The lowest BCUT2D eigenvalue weighted by molar-refractivity contribution is 0.204. The van der Waals surface area contributed by atoms with E-state index in [9.17, 15) is 13.2 Å². The van der Waals surface area contributed by atoms with Crippen LogP contribution in [0.1, 0.15) is 33.1 Å². The lowest BCUT2D eigenvalue weighted by Gasteiger charge is -2.37. The fourth-order valence-corrected chi connectivity index (χ4v) is 4.51. The van der Waals surface area contributed by atoms with E-state index >= 15 is 0 Å². The van der Waals surface area contributed by atoms with Crippen molar-refractivity contribution in [1.82, 2.24) is 9.29 Å². The first-order valence-corrected chi connectivity index (χ1v) is 7.59. The van der Waals surface area contributed by atoms with E-state index in [0.29, 0.717) is 0 Å². The SMILES string of the molecule is CC1CCCC(C)N1S(=O)(=O)c1c[nH]ccc1=O. The van der Waals surface area contributed by atoms with Gasteiger partial charge in [-0.3, -0.25) is 4.79 Å².